The second kappa shape index (κ2) is 20.3. The summed E-state index contributed by atoms with van der Waals surface area (Å²) in [6.45, 7) is 24.9. The lowest BCUT2D eigenvalue weighted by atomic mass is 9.80. The number of amides is 4. The van der Waals surface area contributed by atoms with Crippen molar-refractivity contribution in [1.82, 2.24) is 9.80 Å². The van der Waals surface area contributed by atoms with E-state index in [1.165, 1.54) is 0 Å². The Bertz CT molecular complexity index is 3530. The summed E-state index contributed by atoms with van der Waals surface area (Å²) in [5.74, 6) is 0.325. The molecule has 9 aromatic rings. The number of hydrogen-bond donors (Lipinski definition) is 2. The molecule has 12 heteroatoms. The second-order valence-corrected chi connectivity index (χ2v) is 25.9. The topological polar surface area (TPSA) is 152 Å². The van der Waals surface area contributed by atoms with Gasteiger partial charge in [0.1, 0.15) is 46.0 Å². The van der Waals surface area contributed by atoms with Crippen LogP contribution in [0.5, 0.6) is 46.0 Å². The van der Waals surface area contributed by atoms with Crippen molar-refractivity contribution >= 4 is 66.7 Å². The van der Waals surface area contributed by atoms with E-state index < -0.39 is 23.6 Å². The molecule has 11 rings (SSSR count). The Labute approximate surface area is 478 Å². The first-order chi connectivity index (χ1) is 38.8. The van der Waals surface area contributed by atoms with Crippen molar-refractivity contribution in [2.24, 2.45) is 0 Å². The van der Waals surface area contributed by atoms with Crippen LogP contribution in [-0.2, 0) is 21.7 Å². The summed E-state index contributed by atoms with van der Waals surface area (Å²) in [6, 6.07) is 37.7. The van der Waals surface area contributed by atoms with Gasteiger partial charge in [0.15, 0.2) is 0 Å². The molecule has 12 nitrogen and oxygen atoms in total. The molecule has 0 bridgehead atoms. The molecule has 2 heterocycles. The lowest BCUT2D eigenvalue weighted by Gasteiger charge is -2.32. The minimum atomic E-state index is -0.580. The van der Waals surface area contributed by atoms with Gasteiger partial charge in [-0.05, 0) is 130 Å². The summed E-state index contributed by atoms with van der Waals surface area (Å²) < 4.78 is 28.6. The van der Waals surface area contributed by atoms with Crippen molar-refractivity contribution in [1.29, 1.82) is 0 Å². The van der Waals surface area contributed by atoms with Crippen molar-refractivity contribution in [2.45, 2.75) is 118 Å². The average molecular weight is 1100 g/mol. The van der Waals surface area contributed by atoms with Crippen molar-refractivity contribution < 1.29 is 48.3 Å². The Hall–Kier alpha value is -8.32. The monoisotopic (exact) mass is 1100 g/mol. The number of rotatable bonds is 14. The summed E-state index contributed by atoms with van der Waals surface area (Å²) in [5.41, 5.74) is 4.23. The quantitative estimate of drug-likeness (QED) is 0.0611. The average Bonchev–Trinajstić information content (AvgIpc) is 1.10. The lowest BCUT2D eigenvalue weighted by Crippen LogP contribution is -2.41. The number of nitrogens with zero attached hydrogens (tertiary/aromatic N) is 2. The highest BCUT2D eigenvalue weighted by atomic mass is 16.5. The molecule has 2 N–H and O–H groups in total. The van der Waals surface area contributed by atoms with Crippen LogP contribution in [0.2, 0.25) is 0 Å². The molecule has 0 radical (unpaired) electrons. The van der Waals surface area contributed by atoms with Crippen LogP contribution in [0.1, 0.15) is 160 Å². The Morgan fingerprint density at radius 3 is 0.707 bits per heavy atom. The zero-order valence-corrected chi connectivity index (χ0v) is 48.8. The third kappa shape index (κ3) is 9.75. The summed E-state index contributed by atoms with van der Waals surface area (Å²) in [4.78, 5) is 63.3. The summed E-state index contributed by atoms with van der Waals surface area (Å²) in [6.07, 6.45) is 0.283. The van der Waals surface area contributed by atoms with Gasteiger partial charge in [0.25, 0.3) is 23.6 Å². The minimum Gasteiger partial charge on any atom is -0.457 e. The zero-order chi connectivity index (χ0) is 58.5. The highest BCUT2D eigenvalue weighted by Gasteiger charge is 2.41. The summed E-state index contributed by atoms with van der Waals surface area (Å²) in [7, 11) is 0. The molecular weight excluding hydrogens is 1030 g/mol. The number of carbonyl (C=O) groups excluding carboxylic acids is 4. The Morgan fingerprint density at radius 2 is 0.524 bits per heavy atom. The molecule has 0 aliphatic carbocycles. The van der Waals surface area contributed by atoms with E-state index in [2.05, 4.69) is 83.1 Å². The molecule has 2 aliphatic heterocycles. The fraction of sp³-hybridized carbons (Fsp3) is 0.314. The van der Waals surface area contributed by atoms with Gasteiger partial charge in [0.2, 0.25) is 0 Å². The minimum absolute atomic E-state index is 0.0590. The highest BCUT2D eigenvalue weighted by Crippen LogP contribution is 2.58. The van der Waals surface area contributed by atoms with E-state index in [9.17, 15) is 10.2 Å². The van der Waals surface area contributed by atoms with E-state index in [-0.39, 0.29) is 106 Å². The third-order valence-corrected chi connectivity index (χ3v) is 15.9. The van der Waals surface area contributed by atoms with Crippen molar-refractivity contribution in [3.05, 3.63) is 166 Å². The number of fused-ring (bicyclic) bond motifs is 2. The fourth-order valence-electron chi connectivity index (χ4n) is 11.4. The first-order valence-electron chi connectivity index (χ1n) is 28.2. The maximum Gasteiger partial charge on any atom is 0.261 e. The van der Waals surface area contributed by atoms with Crippen LogP contribution < -0.4 is 18.9 Å². The van der Waals surface area contributed by atoms with Crippen LogP contribution in [0.25, 0.3) is 43.1 Å². The van der Waals surface area contributed by atoms with Crippen LogP contribution in [0.3, 0.4) is 0 Å². The molecule has 82 heavy (non-hydrogen) atoms. The Kier molecular flexibility index (Phi) is 13.7. The number of aliphatic hydroxyl groups is 2. The molecule has 0 atom stereocenters. The Balaban J connectivity index is 1.36. The first-order valence-corrected chi connectivity index (χ1v) is 28.2. The van der Waals surface area contributed by atoms with Crippen LogP contribution in [0.4, 0.5) is 0 Å². The van der Waals surface area contributed by atoms with Gasteiger partial charge < -0.3 is 29.2 Å². The molecule has 4 amide bonds. The fourth-order valence-corrected chi connectivity index (χ4v) is 11.4. The third-order valence-electron chi connectivity index (χ3n) is 15.9. The maximum atomic E-state index is 15.3. The normalized spacial score (nSPS) is 14.1. The molecule has 0 aromatic heterocycles. The van der Waals surface area contributed by atoms with Crippen molar-refractivity contribution in [3.8, 4) is 46.0 Å². The smallest absolute Gasteiger partial charge is 0.261 e. The molecular formula is C70H70N2O10. The number of ether oxygens (including phenoxy) is 4. The van der Waals surface area contributed by atoms with E-state index in [4.69, 9.17) is 18.9 Å². The van der Waals surface area contributed by atoms with Crippen LogP contribution in [0.15, 0.2) is 121 Å². The SMILES string of the molecule is CC(C)(C)c1ccc(Oc2cc3c4c(cc(Oc5ccc(C(C)(C)C)cc5)c5c6c(Oc7ccc(C(C)(C)C)cc7)cc7c8c(cc(Oc9ccc(C(C)(C)C)cc9)c(c2c45)c86)C(=O)N(CCCO)C7=O)C(=O)N(CCCO)C3=O)cc1. The molecule has 0 fully saturated rings. The predicted molar refractivity (Wildman–Crippen MR) is 323 cm³/mol. The number of carbonyl (C=O) groups is 4. The van der Waals surface area contributed by atoms with E-state index in [0.717, 1.165) is 32.1 Å². The molecule has 0 spiro atoms. The van der Waals surface area contributed by atoms with E-state index in [0.29, 0.717) is 66.1 Å². The maximum absolute atomic E-state index is 15.3. The zero-order valence-electron chi connectivity index (χ0n) is 48.8. The van der Waals surface area contributed by atoms with Gasteiger partial charge >= 0.3 is 0 Å². The van der Waals surface area contributed by atoms with Crippen LogP contribution in [0, 0.1) is 0 Å². The van der Waals surface area contributed by atoms with Gasteiger partial charge in [0.05, 0.1) is 22.3 Å². The predicted octanol–water partition coefficient (Wildman–Crippen LogP) is 16.1. The van der Waals surface area contributed by atoms with Gasteiger partial charge in [-0.2, -0.15) is 0 Å². The van der Waals surface area contributed by atoms with Crippen molar-refractivity contribution in [2.75, 3.05) is 26.3 Å². The van der Waals surface area contributed by atoms with Gasteiger partial charge in [-0.1, -0.05) is 132 Å². The number of imide groups is 2. The molecule has 2 aliphatic rings. The molecule has 0 saturated heterocycles. The van der Waals surface area contributed by atoms with E-state index >= 15 is 19.2 Å². The first kappa shape index (κ1) is 55.6. The number of benzene rings is 9. The molecule has 420 valence electrons. The summed E-state index contributed by atoms with van der Waals surface area (Å²) >= 11 is 0. The van der Waals surface area contributed by atoms with Gasteiger partial charge in [-0.3, -0.25) is 29.0 Å². The van der Waals surface area contributed by atoms with Crippen LogP contribution >= 0.6 is 0 Å². The van der Waals surface area contributed by atoms with E-state index in [1.54, 1.807) is 24.3 Å². The molecule has 0 saturated carbocycles. The van der Waals surface area contributed by atoms with E-state index in [1.807, 2.05) is 97.1 Å². The second-order valence-electron chi connectivity index (χ2n) is 25.9. The van der Waals surface area contributed by atoms with Gasteiger partial charge in [-0.25, -0.2) is 0 Å². The van der Waals surface area contributed by atoms with Gasteiger partial charge in [0, 0.05) is 69.4 Å². The van der Waals surface area contributed by atoms with Crippen molar-refractivity contribution in [3.63, 3.8) is 0 Å². The summed E-state index contributed by atoms with van der Waals surface area (Å²) in [5, 5.41) is 23.3. The Morgan fingerprint density at radius 1 is 0.317 bits per heavy atom. The van der Waals surface area contributed by atoms with Crippen LogP contribution in [-0.4, -0.2) is 69.9 Å². The number of aliphatic hydroxyl groups excluding tert-OH is 2. The highest BCUT2D eigenvalue weighted by molar-refractivity contribution is 6.44. The standard InChI is InChI=1S/C70H70N2O10/c1-67(2,3)39-15-23-43(24-16-39)79-51-35-47-55-48(64(76)71(63(47)75)31-13-33-73)37-53(81-45-27-19-41(20-28-45)69(7,8)9)59-60-54(82-46-29-21-42(22-30-46)70(10,11)12)38-50-56-49(65(77)72(66(50)78)32-14-34-74)36-52(58(62(56)60)57(51)61(55)59)80-44-25-17-40(18-26-44)68(4,5)6/h15-30,35-38,73-74H,13-14,31-34H2,1-12H3. The molecule has 0 unspecified atom stereocenters. The lowest BCUT2D eigenvalue weighted by molar-refractivity contribution is 0.0585. The number of hydrogen-bond acceptors (Lipinski definition) is 10. The molecule has 9 aromatic carbocycles. The largest absolute Gasteiger partial charge is 0.457 e. The van der Waals surface area contributed by atoms with Gasteiger partial charge in [-0.15, -0.1) is 0 Å².